The normalized spacial score (nSPS) is 22.2. The molecule has 25 heavy (non-hydrogen) atoms. The maximum Gasteiger partial charge on any atom is 0.273 e. The van der Waals surface area contributed by atoms with Crippen molar-refractivity contribution in [3.8, 4) is 0 Å². The molecule has 2 aliphatic heterocycles. The smallest absolute Gasteiger partial charge is 0.273 e. The predicted octanol–water partition coefficient (Wildman–Crippen LogP) is 2.31. The molecule has 2 atom stereocenters. The molecule has 3 heterocycles. The lowest BCUT2D eigenvalue weighted by Gasteiger charge is -2.21. The second kappa shape index (κ2) is 6.96. The van der Waals surface area contributed by atoms with Gasteiger partial charge in [0, 0.05) is 49.8 Å². The topological polar surface area (TPSA) is 53.5 Å². The third kappa shape index (κ3) is 3.44. The summed E-state index contributed by atoms with van der Waals surface area (Å²) in [5.74, 6) is 1.07. The molecule has 0 saturated carbocycles. The lowest BCUT2D eigenvalue weighted by Crippen LogP contribution is -2.35. The Kier molecular flexibility index (Phi) is 4.53. The highest BCUT2D eigenvalue weighted by molar-refractivity contribution is 7.07. The lowest BCUT2D eigenvalue weighted by atomic mass is 10.0. The third-order valence-electron chi connectivity index (χ3n) is 5.25. The number of likely N-dealkylation sites (tertiary alicyclic amines) is 2. The van der Waals surface area contributed by atoms with Gasteiger partial charge >= 0.3 is 0 Å². The number of hydrogen-bond donors (Lipinski definition) is 0. The van der Waals surface area contributed by atoms with Gasteiger partial charge in [0.2, 0.25) is 5.91 Å². The molecule has 130 valence electrons. The molecule has 4 rings (SSSR count). The maximum absolute atomic E-state index is 12.5. The minimum absolute atomic E-state index is 0.0256. The summed E-state index contributed by atoms with van der Waals surface area (Å²) in [6.07, 6.45) is 1.35. The molecule has 1 aromatic heterocycles. The summed E-state index contributed by atoms with van der Waals surface area (Å²) in [7, 11) is 0. The Morgan fingerprint density at radius 1 is 1.04 bits per heavy atom. The molecule has 2 amide bonds. The Bertz CT molecular complexity index is 733. The van der Waals surface area contributed by atoms with E-state index in [1.165, 1.54) is 16.9 Å². The molecule has 0 radical (unpaired) electrons. The summed E-state index contributed by atoms with van der Waals surface area (Å²) >= 11 is 1.44. The highest BCUT2D eigenvalue weighted by Gasteiger charge is 2.43. The van der Waals surface area contributed by atoms with Gasteiger partial charge in [-0.2, -0.15) is 0 Å². The largest absolute Gasteiger partial charge is 0.342 e. The van der Waals surface area contributed by atoms with Crippen molar-refractivity contribution in [3.63, 3.8) is 0 Å². The van der Waals surface area contributed by atoms with Crippen LogP contribution in [0.3, 0.4) is 0 Å². The maximum atomic E-state index is 12.5. The van der Waals surface area contributed by atoms with Crippen LogP contribution in [0, 0.1) is 11.8 Å². The number of rotatable bonds is 4. The zero-order valence-corrected chi connectivity index (χ0v) is 14.8. The second-order valence-electron chi connectivity index (χ2n) is 6.89. The van der Waals surface area contributed by atoms with E-state index in [1.54, 1.807) is 10.9 Å². The van der Waals surface area contributed by atoms with E-state index in [-0.39, 0.29) is 11.8 Å². The average molecular weight is 355 g/mol. The Morgan fingerprint density at radius 2 is 1.72 bits per heavy atom. The van der Waals surface area contributed by atoms with Crippen molar-refractivity contribution in [3.05, 3.63) is 52.5 Å². The van der Waals surface area contributed by atoms with Gasteiger partial charge in [-0.05, 0) is 12.0 Å². The molecular weight excluding hydrogens is 334 g/mol. The quantitative estimate of drug-likeness (QED) is 0.846. The number of carbonyl (C=O) groups excluding carboxylic acids is 2. The van der Waals surface area contributed by atoms with Crippen LogP contribution in [-0.4, -0.2) is 52.8 Å². The summed E-state index contributed by atoms with van der Waals surface area (Å²) in [5.41, 5.74) is 3.44. The number of thiazole rings is 1. The molecule has 0 N–H and O–H groups in total. The number of fused-ring (bicyclic) bond motifs is 1. The summed E-state index contributed by atoms with van der Waals surface area (Å²) in [6, 6.07) is 10.1. The monoisotopic (exact) mass is 355 g/mol. The van der Waals surface area contributed by atoms with Crippen LogP contribution in [0.5, 0.6) is 0 Å². The molecule has 0 aliphatic carbocycles. The van der Waals surface area contributed by atoms with Crippen molar-refractivity contribution in [2.45, 2.75) is 12.8 Å². The zero-order chi connectivity index (χ0) is 17.2. The molecule has 5 nitrogen and oxygen atoms in total. The highest BCUT2D eigenvalue weighted by Crippen LogP contribution is 2.32. The average Bonchev–Trinajstić information content (AvgIpc) is 3.35. The summed E-state index contributed by atoms with van der Waals surface area (Å²) in [6.45, 7) is 3.03. The second-order valence-corrected chi connectivity index (χ2v) is 7.61. The molecule has 2 saturated heterocycles. The van der Waals surface area contributed by atoms with E-state index in [2.05, 4.69) is 17.1 Å². The molecule has 2 aromatic rings. The van der Waals surface area contributed by atoms with Crippen LogP contribution in [0.25, 0.3) is 0 Å². The van der Waals surface area contributed by atoms with Crippen LogP contribution < -0.4 is 0 Å². The van der Waals surface area contributed by atoms with Crippen molar-refractivity contribution in [2.75, 3.05) is 26.2 Å². The van der Waals surface area contributed by atoms with Gasteiger partial charge in [0.25, 0.3) is 5.91 Å². The number of aryl methyl sites for hydroxylation is 1. The molecular formula is C19H21N3O2S. The first-order chi connectivity index (χ1) is 12.2. The van der Waals surface area contributed by atoms with Crippen molar-refractivity contribution in [1.82, 2.24) is 14.8 Å². The number of amides is 2. The van der Waals surface area contributed by atoms with Gasteiger partial charge in [-0.3, -0.25) is 9.59 Å². The van der Waals surface area contributed by atoms with Crippen molar-refractivity contribution in [1.29, 1.82) is 0 Å². The number of nitrogens with zero attached hydrogens (tertiary/aromatic N) is 3. The Balaban J connectivity index is 1.29. The Labute approximate surface area is 151 Å². The fourth-order valence-corrected chi connectivity index (χ4v) is 4.42. The Morgan fingerprint density at radius 3 is 2.36 bits per heavy atom. The van der Waals surface area contributed by atoms with E-state index < -0.39 is 0 Å². The summed E-state index contributed by atoms with van der Waals surface area (Å²) in [4.78, 5) is 32.9. The fourth-order valence-electron chi connectivity index (χ4n) is 3.90. The molecule has 0 bridgehead atoms. The number of hydrogen-bond acceptors (Lipinski definition) is 4. The molecule has 2 fully saturated rings. The van der Waals surface area contributed by atoms with Crippen molar-refractivity contribution >= 4 is 23.2 Å². The summed E-state index contributed by atoms with van der Waals surface area (Å²) in [5, 5.41) is 1.80. The number of benzene rings is 1. The highest BCUT2D eigenvalue weighted by atomic mass is 32.1. The van der Waals surface area contributed by atoms with E-state index >= 15 is 0 Å². The van der Waals surface area contributed by atoms with Gasteiger partial charge in [-0.15, -0.1) is 11.3 Å². The predicted molar refractivity (Wildman–Crippen MR) is 96.3 cm³/mol. The van der Waals surface area contributed by atoms with Gasteiger partial charge in [0.15, 0.2) is 0 Å². The first-order valence-electron chi connectivity index (χ1n) is 8.70. The molecule has 2 aliphatic rings. The zero-order valence-electron chi connectivity index (χ0n) is 14.0. The van der Waals surface area contributed by atoms with Gasteiger partial charge in [-0.1, -0.05) is 30.3 Å². The van der Waals surface area contributed by atoms with Crippen LogP contribution in [0.4, 0.5) is 0 Å². The SMILES string of the molecule is O=C(CCc1ccccc1)N1C[C@@H]2CN(C(=O)c3cscn3)C[C@@H]2C1. The third-order valence-corrected chi connectivity index (χ3v) is 5.83. The fraction of sp³-hybridized carbons (Fsp3) is 0.421. The molecule has 6 heteroatoms. The van der Waals surface area contributed by atoms with Crippen LogP contribution in [0.2, 0.25) is 0 Å². The summed E-state index contributed by atoms with van der Waals surface area (Å²) < 4.78 is 0. The van der Waals surface area contributed by atoms with Crippen LogP contribution in [0.1, 0.15) is 22.5 Å². The standard InChI is InChI=1S/C19H21N3O2S/c23-18(7-6-14-4-2-1-3-5-14)21-8-15-10-22(11-16(15)9-21)19(24)17-12-25-13-20-17/h1-5,12-13,15-16H,6-11H2/t15-,16+. The first-order valence-corrected chi connectivity index (χ1v) is 9.64. The molecule has 0 unspecified atom stereocenters. The number of aromatic nitrogens is 1. The van der Waals surface area contributed by atoms with E-state index in [9.17, 15) is 9.59 Å². The number of carbonyl (C=O) groups is 2. The van der Waals surface area contributed by atoms with E-state index in [1.807, 2.05) is 28.0 Å². The van der Waals surface area contributed by atoms with Crippen molar-refractivity contribution < 1.29 is 9.59 Å². The first kappa shape index (κ1) is 16.3. The van der Waals surface area contributed by atoms with Gasteiger partial charge in [0.05, 0.1) is 5.51 Å². The van der Waals surface area contributed by atoms with Crippen LogP contribution in [0.15, 0.2) is 41.2 Å². The lowest BCUT2D eigenvalue weighted by molar-refractivity contribution is -0.130. The van der Waals surface area contributed by atoms with Gasteiger partial charge in [-0.25, -0.2) is 4.98 Å². The van der Waals surface area contributed by atoms with Gasteiger partial charge in [0.1, 0.15) is 5.69 Å². The van der Waals surface area contributed by atoms with E-state index in [0.29, 0.717) is 24.0 Å². The van der Waals surface area contributed by atoms with Crippen LogP contribution >= 0.6 is 11.3 Å². The molecule has 0 spiro atoms. The minimum atomic E-state index is 0.0256. The van der Waals surface area contributed by atoms with Crippen LogP contribution in [-0.2, 0) is 11.2 Å². The van der Waals surface area contributed by atoms with E-state index in [4.69, 9.17) is 0 Å². The molecule has 1 aromatic carbocycles. The van der Waals surface area contributed by atoms with Gasteiger partial charge < -0.3 is 9.80 Å². The van der Waals surface area contributed by atoms with E-state index in [0.717, 1.165) is 32.6 Å². The van der Waals surface area contributed by atoms with Crippen molar-refractivity contribution in [2.24, 2.45) is 11.8 Å². The Hall–Kier alpha value is -2.21. The minimum Gasteiger partial charge on any atom is -0.342 e.